The Morgan fingerprint density at radius 2 is 1.35 bits per heavy atom. The maximum Gasteiger partial charge on any atom is 0.408 e. The predicted molar refractivity (Wildman–Crippen MR) is 158 cm³/mol. The molecule has 0 aliphatic carbocycles. The van der Waals surface area contributed by atoms with Gasteiger partial charge in [0.15, 0.2) is 0 Å². The Hall–Kier alpha value is -3.39. The minimum atomic E-state index is -1.25. The number of benzene rings is 2. The minimum Gasteiger partial charge on any atom is -0.444 e. The van der Waals surface area contributed by atoms with Crippen molar-refractivity contribution in [3.05, 3.63) is 71.8 Å². The van der Waals surface area contributed by atoms with Gasteiger partial charge in [0.05, 0.1) is 0 Å². The van der Waals surface area contributed by atoms with E-state index in [1.165, 1.54) is 0 Å². The van der Waals surface area contributed by atoms with Crippen LogP contribution >= 0.6 is 0 Å². The quantitative estimate of drug-likeness (QED) is 0.225. The van der Waals surface area contributed by atoms with E-state index in [2.05, 4.69) is 16.0 Å². The van der Waals surface area contributed by atoms with Crippen molar-refractivity contribution in [2.75, 3.05) is 13.2 Å². The van der Waals surface area contributed by atoms with Crippen LogP contribution in [0.4, 0.5) is 4.79 Å². The van der Waals surface area contributed by atoms with E-state index >= 15 is 0 Å². The van der Waals surface area contributed by atoms with E-state index in [0.717, 1.165) is 49.7 Å². The summed E-state index contributed by atoms with van der Waals surface area (Å²) in [5.41, 5.74) is -0.196. The monoisotopic (exact) mass is 553 g/mol. The van der Waals surface area contributed by atoms with Gasteiger partial charge in [0.2, 0.25) is 11.8 Å². The highest BCUT2D eigenvalue weighted by Gasteiger charge is 2.37. The largest absolute Gasteiger partial charge is 0.444 e. The molecular formula is C32H47N3O5. The van der Waals surface area contributed by atoms with Crippen LogP contribution in [0.1, 0.15) is 77.3 Å². The summed E-state index contributed by atoms with van der Waals surface area (Å²) in [5, 5.41) is 17.6. The predicted octanol–water partition coefficient (Wildman–Crippen LogP) is 4.69. The number of hydrogen-bond acceptors (Lipinski definition) is 5. The van der Waals surface area contributed by atoms with Gasteiger partial charge >= 0.3 is 6.09 Å². The zero-order chi connectivity index (χ0) is 29.4. The Labute approximate surface area is 239 Å². The molecular weight excluding hydrogens is 506 g/mol. The summed E-state index contributed by atoms with van der Waals surface area (Å²) in [5.74, 6) is -0.743. The maximum atomic E-state index is 13.7. The third-order valence-electron chi connectivity index (χ3n) is 6.46. The molecule has 2 aromatic rings. The molecule has 8 heteroatoms. The fourth-order valence-corrected chi connectivity index (χ4v) is 4.39. The van der Waals surface area contributed by atoms with Gasteiger partial charge < -0.3 is 25.8 Å². The summed E-state index contributed by atoms with van der Waals surface area (Å²) < 4.78 is 5.41. The number of alkyl carbamates (subject to hydrolysis) is 1. The average Bonchev–Trinajstić information content (AvgIpc) is 2.89. The second kappa shape index (κ2) is 16.7. The van der Waals surface area contributed by atoms with E-state index in [0.29, 0.717) is 6.54 Å². The van der Waals surface area contributed by atoms with Gasteiger partial charge in [-0.15, -0.1) is 0 Å². The van der Waals surface area contributed by atoms with Crippen molar-refractivity contribution in [2.45, 2.75) is 96.2 Å². The summed E-state index contributed by atoms with van der Waals surface area (Å²) >= 11 is 0. The lowest BCUT2D eigenvalue weighted by Gasteiger charge is -2.32. The number of aliphatic hydroxyl groups is 1. The first kappa shape index (κ1) is 32.8. The molecule has 2 atom stereocenters. The van der Waals surface area contributed by atoms with Crippen LogP contribution in [0.25, 0.3) is 0 Å². The van der Waals surface area contributed by atoms with E-state index in [4.69, 9.17) is 9.84 Å². The van der Waals surface area contributed by atoms with Gasteiger partial charge in [-0.25, -0.2) is 4.79 Å². The zero-order valence-corrected chi connectivity index (χ0v) is 24.5. The van der Waals surface area contributed by atoms with Crippen molar-refractivity contribution >= 4 is 17.9 Å². The van der Waals surface area contributed by atoms with E-state index < -0.39 is 29.2 Å². The van der Waals surface area contributed by atoms with Crippen molar-refractivity contribution in [1.82, 2.24) is 16.0 Å². The third kappa shape index (κ3) is 12.6. The molecule has 0 saturated carbocycles. The minimum absolute atomic E-state index is 0.223. The van der Waals surface area contributed by atoms with Gasteiger partial charge in [-0.1, -0.05) is 86.3 Å². The lowest BCUT2D eigenvalue weighted by molar-refractivity contribution is -0.133. The molecule has 0 aliphatic rings. The molecule has 4 N–H and O–H groups in total. The Morgan fingerprint density at radius 3 is 1.93 bits per heavy atom. The summed E-state index contributed by atoms with van der Waals surface area (Å²) in [6.07, 6.45) is 5.58. The molecule has 0 aliphatic heterocycles. The zero-order valence-electron chi connectivity index (χ0n) is 24.5. The Bertz CT molecular complexity index is 1040. The number of carbonyl (C=O) groups excluding carboxylic acids is 3. The third-order valence-corrected chi connectivity index (χ3v) is 6.46. The van der Waals surface area contributed by atoms with Crippen LogP contribution in [-0.2, 0) is 27.2 Å². The molecule has 1 unspecified atom stereocenters. The topological polar surface area (TPSA) is 117 Å². The number of unbranched alkanes of at least 4 members (excludes halogenated alkanes) is 5. The standard InChI is InChI=1S/C32H47N3O5/c1-31(2,3)40-30(39)34-27(23-25-17-11-9-12-18-25)28(37)35-32(4,24-26-19-13-10-14-20-26)29(38)33-21-15-7-5-6-8-16-22-36/h9-14,17-20,27,36H,5-8,15-16,21-24H2,1-4H3,(H,33,38)(H,34,39)(H,35,37)/t27-,32?/m0/s1. The van der Waals surface area contributed by atoms with Crippen molar-refractivity contribution in [3.63, 3.8) is 0 Å². The second-order valence-corrected chi connectivity index (χ2v) is 11.5. The van der Waals surface area contributed by atoms with Gasteiger partial charge in [-0.3, -0.25) is 9.59 Å². The molecule has 8 nitrogen and oxygen atoms in total. The lowest BCUT2D eigenvalue weighted by atomic mass is 9.90. The van der Waals surface area contributed by atoms with Crippen molar-refractivity contribution in [1.29, 1.82) is 0 Å². The van der Waals surface area contributed by atoms with Gasteiger partial charge in [-0.05, 0) is 51.7 Å². The molecule has 0 aromatic heterocycles. The molecule has 0 heterocycles. The SMILES string of the molecule is CC(C)(C)OC(=O)N[C@@H](Cc1ccccc1)C(=O)NC(C)(Cc1ccccc1)C(=O)NCCCCCCCCO. The smallest absolute Gasteiger partial charge is 0.408 e. The van der Waals surface area contributed by atoms with Gasteiger partial charge in [0, 0.05) is 26.0 Å². The number of carbonyl (C=O) groups is 3. The van der Waals surface area contributed by atoms with Crippen LogP contribution in [0.2, 0.25) is 0 Å². The van der Waals surface area contributed by atoms with Crippen LogP contribution in [-0.4, -0.2) is 53.3 Å². The van der Waals surface area contributed by atoms with E-state index in [1.54, 1.807) is 27.7 Å². The van der Waals surface area contributed by atoms with Crippen LogP contribution < -0.4 is 16.0 Å². The molecule has 0 radical (unpaired) electrons. The van der Waals surface area contributed by atoms with Crippen LogP contribution in [0.15, 0.2) is 60.7 Å². The maximum absolute atomic E-state index is 13.7. The van der Waals surface area contributed by atoms with Crippen LogP contribution in [0.3, 0.4) is 0 Å². The highest BCUT2D eigenvalue weighted by atomic mass is 16.6. The molecule has 40 heavy (non-hydrogen) atoms. The number of amides is 3. The first-order chi connectivity index (χ1) is 19.0. The fourth-order valence-electron chi connectivity index (χ4n) is 4.39. The summed E-state index contributed by atoms with van der Waals surface area (Å²) in [7, 11) is 0. The molecule has 2 rings (SSSR count). The van der Waals surface area contributed by atoms with E-state index in [9.17, 15) is 14.4 Å². The van der Waals surface area contributed by atoms with Crippen LogP contribution in [0, 0.1) is 0 Å². The number of nitrogens with one attached hydrogen (secondary N) is 3. The van der Waals surface area contributed by atoms with Crippen molar-refractivity contribution in [3.8, 4) is 0 Å². The number of rotatable bonds is 16. The summed E-state index contributed by atoms with van der Waals surface area (Å²) in [6, 6.07) is 18.0. The number of aliphatic hydroxyl groups excluding tert-OH is 1. The first-order valence-corrected chi connectivity index (χ1v) is 14.3. The first-order valence-electron chi connectivity index (χ1n) is 14.3. The van der Waals surface area contributed by atoms with E-state index in [1.807, 2.05) is 60.7 Å². The fraction of sp³-hybridized carbons (Fsp3) is 0.531. The van der Waals surface area contributed by atoms with Gasteiger partial charge in [-0.2, -0.15) is 0 Å². The Balaban J connectivity index is 2.15. The highest BCUT2D eigenvalue weighted by Crippen LogP contribution is 2.16. The highest BCUT2D eigenvalue weighted by molar-refractivity contribution is 5.94. The lowest BCUT2D eigenvalue weighted by Crippen LogP contribution is -2.62. The number of hydrogen-bond donors (Lipinski definition) is 4. The summed E-state index contributed by atoms with van der Waals surface area (Å²) in [6.45, 7) is 7.72. The molecule has 0 saturated heterocycles. The molecule has 2 aromatic carbocycles. The van der Waals surface area contributed by atoms with Gasteiger partial charge in [0.1, 0.15) is 17.2 Å². The Kier molecular flexibility index (Phi) is 13.7. The molecule has 0 fully saturated rings. The molecule has 3 amide bonds. The van der Waals surface area contributed by atoms with E-state index in [-0.39, 0.29) is 25.4 Å². The van der Waals surface area contributed by atoms with Crippen LogP contribution in [0.5, 0.6) is 0 Å². The number of ether oxygens (including phenoxy) is 1. The molecule has 220 valence electrons. The normalized spacial score (nSPS) is 13.5. The van der Waals surface area contributed by atoms with Crippen molar-refractivity contribution < 1.29 is 24.2 Å². The molecule has 0 spiro atoms. The van der Waals surface area contributed by atoms with Gasteiger partial charge in [0.25, 0.3) is 0 Å². The Morgan fingerprint density at radius 1 is 0.800 bits per heavy atom. The summed E-state index contributed by atoms with van der Waals surface area (Å²) in [4.78, 5) is 39.8. The molecule has 0 bridgehead atoms. The second-order valence-electron chi connectivity index (χ2n) is 11.5. The van der Waals surface area contributed by atoms with Crippen molar-refractivity contribution in [2.24, 2.45) is 0 Å². The average molecular weight is 554 g/mol.